The molecule has 1 aromatic heterocycles. The maximum absolute atomic E-state index is 11.9. The van der Waals surface area contributed by atoms with Crippen molar-refractivity contribution in [1.82, 2.24) is 4.98 Å². The third-order valence-electron chi connectivity index (χ3n) is 3.87. The van der Waals surface area contributed by atoms with E-state index < -0.39 is 0 Å². The fourth-order valence-electron chi connectivity index (χ4n) is 2.28. The summed E-state index contributed by atoms with van der Waals surface area (Å²) in [5.74, 6) is 1.66. The molecule has 0 spiro atoms. The van der Waals surface area contributed by atoms with Crippen LogP contribution in [0.1, 0.15) is 19.3 Å². The number of hydrogen-bond donors (Lipinski definition) is 2. The molecule has 1 aliphatic carbocycles. The van der Waals surface area contributed by atoms with Gasteiger partial charge in [0.1, 0.15) is 11.6 Å². The Morgan fingerprint density at radius 2 is 1.86 bits per heavy atom. The Labute approximate surface area is 129 Å². The highest BCUT2D eigenvalue weighted by Crippen LogP contribution is 2.27. The number of aromatic nitrogens is 1. The van der Waals surface area contributed by atoms with Crippen LogP contribution in [0.25, 0.3) is 0 Å². The van der Waals surface area contributed by atoms with E-state index in [-0.39, 0.29) is 11.8 Å². The van der Waals surface area contributed by atoms with E-state index in [0.29, 0.717) is 5.82 Å². The van der Waals surface area contributed by atoms with Gasteiger partial charge in [-0.25, -0.2) is 4.98 Å². The molecule has 1 aliphatic rings. The topological polar surface area (TPSA) is 63.2 Å². The fourth-order valence-corrected chi connectivity index (χ4v) is 2.28. The monoisotopic (exact) mass is 297 g/mol. The summed E-state index contributed by atoms with van der Waals surface area (Å²) in [4.78, 5) is 16.1. The van der Waals surface area contributed by atoms with Crippen molar-refractivity contribution in [2.24, 2.45) is 5.92 Å². The second-order valence-electron chi connectivity index (χ2n) is 5.40. The Kier molecular flexibility index (Phi) is 4.23. The minimum absolute atomic E-state index is 0.0783. The zero-order valence-electron chi connectivity index (χ0n) is 12.5. The Hall–Kier alpha value is -2.56. The van der Waals surface area contributed by atoms with Crippen LogP contribution in [0.15, 0.2) is 42.6 Å². The summed E-state index contributed by atoms with van der Waals surface area (Å²) in [5, 5.41) is 6.11. The minimum atomic E-state index is 0.0783. The van der Waals surface area contributed by atoms with Gasteiger partial charge in [-0.1, -0.05) is 6.42 Å². The zero-order valence-corrected chi connectivity index (χ0v) is 12.5. The number of rotatable bonds is 5. The lowest BCUT2D eigenvalue weighted by atomic mass is 9.85. The molecule has 1 fully saturated rings. The van der Waals surface area contributed by atoms with Crippen molar-refractivity contribution in [3.63, 3.8) is 0 Å². The highest BCUT2D eigenvalue weighted by molar-refractivity contribution is 5.92. The van der Waals surface area contributed by atoms with Crippen molar-refractivity contribution in [3.8, 4) is 5.75 Å². The standard InChI is InChI=1S/C17H19N3O2/c1-22-15-8-5-13(6-9-15)19-14-7-10-16(18-11-14)20-17(21)12-3-2-4-12/h5-12,19H,2-4H2,1H3,(H,18,20,21). The second-order valence-corrected chi connectivity index (χ2v) is 5.40. The van der Waals surface area contributed by atoms with Crippen LogP contribution in [0.5, 0.6) is 5.75 Å². The molecule has 2 aromatic rings. The minimum Gasteiger partial charge on any atom is -0.497 e. The first-order chi connectivity index (χ1) is 10.7. The Balaban J connectivity index is 1.59. The van der Waals surface area contributed by atoms with Crippen LogP contribution >= 0.6 is 0 Å². The number of benzene rings is 1. The van der Waals surface area contributed by atoms with Gasteiger partial charge in [0.2, 0.25) is 5.91 Å². The Bertz CT molecular complexity index is 634. The molecule has 3 rings (SSSR count). The number of ether oxygens (including phenoxy) is 1. The summed E-state index contributed by atoms with van der Waals surface area (Å²) in [6.07, 6.45) is 4.84. The normalized spacial score (nSPS) is 14.0. The van der Waals surface area contributed by atoms with Crippen LogP contribution < -0.4 is 15.4 Å². The van der Waals surface area contributed by atoms with Gasteiger partial charge in [0.05, 0.1) is 19.0 Å². The third-order valence-corrected chi connectivity index (χ3v) is 3.87. The van der Waals surface area contributed by atoms with Crippen molar-refractivity contribution in [2.75, 3.05) is 17.7 Å². The summed E-state index contributed by atoms with van der Waals surface area (Å²) in [5.41, 5.74) is 1.82. The highest BCUT2D eigenvalue weighted by atomic mass is 16.5. The van der Waals surface area contributed by atoms with Crippen molar-refractivity contribution in [2.45, 2.75) is 19.3 Å². The number of anilines is 3. The van der Waals surface area contributed by atoms with Crippen LogP contribution in [0.3, 0.4) is 0 Å². The first-order valence-corrected chi connectivity index (χ1v) is 7.42. The van der Waals surface area contributed by atoms with Crippen LogP contribution in [0.2, 0.25) is 0 Å². The molecular weight excluding hydrogens is 278 g/mol. The van der Waals surface area contributed by atoms with Gasteiger partial charge in [0.25, 0.3) is 0 Å². The van der Waals surface area contributed by atoms with Gasteiger partial charge < -0.3 is 15.4 Å². The molecule has 0 saturated heterocycles. The molecule has 1 amide bonds. The summed E-state index contributed by atoms with van der Waals surface area (Å²) in [6, 6.07) is 11.4. The molecule has 1 aromatic carbocycles. The number of carbonyl (C=O) groups excluding carboxylic acids is 1. The van der Waals surface area contributed by atoms with E-state index in [9.17, 15) is 4.79 Å². The van der Waals surface area contributed by atoms with E-state index >= 15 is 0 Å². The molecule has 1 heterocycles. The molecular formula is C17H19N3O2. The van der Waals surface area contributed by atoms with Gasteiger partial charge in [0, 0.05) is 11.6 Å². The maximum Gasteiger partial charge on any atom is 0.228 e. The first-order valence-electron chi connectivity index (χ1n) is 7.42. The number of hydrogen-bond acceptors (Lipinski definition) is 4. The predicted molar refractivity (Wildman–Crippen MR) is 86.5 cm³/mol. The molecule has 0 unspecified atom stereocenters. The van der Waals surface area contributed by atoms with Gasteiger partial charge >= 0.3 is 0 Å². The van der Waals surface area contributed by atoms with Crippen molar-refractivity contribution in [1.29, 1.82) is 0 Å². The van der Waals surface area contributed by atoms with Crippen molar-refractivity contribution < 1.29 is 9.53 Å². The summed E-state index contributed by atoms with van der Waals surface area (Å²) >= 11 is 0. The van der Waals surface area contributed by atoms with E-state index in [1.54, 1.807) is 13.3 Å². The third kappa shape index (κ3) is 3.36. The molecule has 114 valence electrons. The average Bonchev–Trinajstić information content (AvgIpc) is 2.48. The molecule has 22 heavy (non-hydrogen) atoms. The molecule has 1 saturated carbocycles. The highest BCUT2D eigenvalue weighted by Gasteiger charge is 2.25. The molecule has 0 radical (unpaired) electrons. The largest absolute Gasteiger partial charge is 0.497 e. The lowest BCUT2D eigenvalue weighted by molar-refractivity contribution is -0.122. The molecule has 0 bridgehead atoms. The van der Waals surface area contributed by atoms with Gasteiger partial charge in [0.15, 0.2) is 0 Å². The van der Waals surface area contributed by atoms with E-state index in [2.05, 4.69) is 15.6 Å². The maximum atomic E-state index is 11.9. The van der Waals surface area contributed by atoms with Crippen LogP contribution in [-0.4, -0.2) is 18.0 Å². The molecule has 5 heteroatoms. The Morgan fingerprint density at radius 1 is 1.14 bits per heavy atom. The number of nitrogens with one attached hydrogen (secondary N) is 2. The predicted octanol–water partition coefficient (Wildman–Crippen LogP) is 3.57. The lowest BCUT2D eigenvalue weighted by Gasteiger charge is -2.23. The van der Waals surface area contributed by atoms with Crippen molar-refractivity contribution >= 4 is 23.1 Å². The van der Waals surface area contributed by atoms with Crippen LogP contribution in [0.4, 0.5) is 17.2 Å². The number of methoxy groups -OCH3 is 1. The number of amides is 1. The second kappa shape index (κ2) is 6.47. The summed E-state index contributed by atoms with van der Waals surface area (Å²) in [6.45, 7) is 0. The van der Waals surface area contributed by atoms with E-state index in [4.69, 9.17) is 4.74 Å². The Morgan fingerprint density at radius 3 is 2.41 bits per heavy atom. The summed E-state index contributed by atoms with van der Waals surface area (Å²) in [7, 11) is 1.64. The first kappa shape index (κ1) is 14.4. The lowest BCUT2D eigenvalue weighted by Crippen LogP contribution is -2.28. The quantitative estimate of drug-likeness (QED) is 0.885. The van der Waals surface area contributed by atoms with E-state index in [1.807, 2.05) is 36.4 Å². The van der Waals surface area contributed by atoms with E-state index in [0.717, 1.165) is 36.4 Å². The smallest absolute Gasteiger partial charge is 0.228 e. The average molecular weight is 297 g/mol. The molecule has 2 N–H and O–H groups in total. The van der Waals surface area contributed by atoms with Crippen LogP contribution in [-0.2, 0) is 4.79 Å². The molecule has 0 atom stereocenters. The van der Waals surface area contributed by atoms with Crippen molar-refractivity contribution in [3.05, 3.63) is 42.6 Å². The number of nitrogens with zero attached hydrogens (tertiary/aromatic N) is 1. The molecule has 5 nitrogen and oxygen atoms in total. The fraction of sp³-hybridized carbons (Fsp3) is 0.294. The number of carbonyl (C=O) groups is 1. The summed E-state index contributed by atoms with van der Waals surface area (Å²) < 4.78 is 5.12. The molecule has 0 aliphatic heterocycles. The van der Waals surface area contributed by atoms with Gasteiger partial charge in [-0.15, -0.1) is 0 Å². The van der Waals surface area contributed by atoms with Gasteiger partial charge in [-0.2, -0.15) is 0 Å². The van der Waals surface area contributed by atoms with E-state index in [1.165, 1.54) is 0 Å². The SMILES string of the molecule is COc1ccc(Nc2ccc(NC(=O)C3CCC3)nc2)cc1. The zero-order chi connectivity index (χ0) is 15.4. The number of pyridine rings is 1. The van der Waals surface area contributed by atoms with Gasteiger partial charge in [-0.05, 0) is 49.2 Å². The van der Waals surface area contributed by atoms with Crippen LogP contribution in [0, 0.1) is 5.92 Å². The van der Waals surface area contributed by atoms with Gasteiger partial charge in [-0.3, -0.25) is 4.79 Å².